The topological polar surface area (TPSA) is 13.0 Å². The summed E-state index contributed by atoms with van der Waals surface area (Å²) in [6.45, 7) is 10.4. The minimum atomic E-state index is 1.14. The van der Waals surface area contributed by atoms with E-state index in [0.29, 0.717) is 0 Å². The average molecular weight is 258 g/mol. The summed E-state index contributed by atoms with van der Waals surface area (Å²) in [6, 6.07) is 0. The predicted molar refractivity (Wildman–Crippen MR) is 81.3 cm³/mol. The van der Waals surface area contributed by atoms with E-state index < -0.39 is 0 Å². The van der Waals surface area contributed by atoms with Crippen LogP contribution < -0.4 is 0 Å². The zero-order valence-corrected chi connectivity index (χ0v) is 13.4. The van der Waals surface area contributed by atoms with E-state index >= 15 is 0 Å². The molecule has 0 bridgehead atoms. The molecule has 0 N–H and O–H groups in total. The second-order valence-electron chi connectivity index (χ2n) is 5.66. The monoisotopic (exact) mass is 258 g/mol. The normalized spacial score (nSPS) is 12.3. The minimum absolute atomic E-state index is 1.14. The van der Waals surface area contributed by atoms with Crippen LogP contribution in [0, 0.1) is 0 Å². The van der Waals surface area contributed by atoms with Crippen LogP contribution in [0.25, 0.3) is 0 Å². The van der Waals surface area contributed by atoms with Gasteiger partial charge in [-0.3, -0.25) is 0 Å². The zero-order chi connectivity index (χ0) is 14.0. The van der Waals surface area contributed by atoms with E-state index in [1.165, 1.54) is 26.1 Å². The Kier molecular flexibility index (Phi) is 10.6. The number of rotatable bonds is 11. The van der Waals surface area contributed by atoms with Gasteiger partial charge in [0, 0.05) is 26.2 Å². The molecule has 4 nitrogen and oxygen atoms in total. The van der Waals surface area contributed by atoms with Crippen molar-refractivity contribution in [2.45, 2.75) is 13.3 Å². The largest absolute Gasteiger partial charge is 0.308 e. The molecular weight excluding hydrogens is 224 g/mol. The van der Waals surface area contributed by atoms with Gasteiger partial charge in [0.25, 0.3) is 0 Å². The van der Waals surface area contributed by atoms with Gasteiger partial charge in [-0.15, -0.1) is 0 Å². The van der Waals surface area contributed by atoms with Crippen molar-refractivity contribution in [1.29, 1.82) is 0 Å². The summed E-state index contributed by atoms with van der Waals surface area (Å²) in [6.07, 6.45) is 1.27. The van der Waals surface area contributed by atoms with Gasteiger partial charge >= 0.3 is 0 Å². The zero-order valence-electron chi connectivity index (χ0n) is 13.4. The molecule has 0 rings (SSSR count). The lowest BCUT2D eigenvalue weighted by Gasteiger charge is -2.23. The van der Waals surface area contributed by atoms with Crippen molar-refractivity contribution in [2.75, 3.05) is 81.1 Å². The van der Waals surface area contributed by atoms with Gasteiger partial charge in [0.05, 0.1) is 0 Å². The molecule has 0 aliphatic rings. The molecule has 0 radical (unpaired) electrons. The van der Waals surface area contributed by atoms with Gasteiger partial charge < -0.3 is 19.6 Å². The van der Waals surface area contributed by atoms with E-state index in [4.69, 9.17) is 0 Å². The summed E-state index contributed by atoms with van der Waals surface area (Å²) in [4.78, 5) is 9.46. The molecule has 0 heterocycles. The standard InChI is InChI=1S/C14H34N4/c1-7-16(4)9-8-10-17(5)13-14-18(6)12-11-15(2)3/h7-14H2,1-6H3. The van der Waals surface area contributed by atoms with Gasteiger partial charge in [-0.05, 0) is 61.3 Å². The van der Waals surface area contributed by atoms with Gasteiger partial charge in [0.15, 0.2) is 0 Å². The second kappa shape index (κ2) is 10.7. The van der Waals surface area contributed by atoms with E-state index in [0.717, 1.165) is 26.2 Å². The third-order valence-electron chi connectivity index (χ3n) is 3.41. The molecule has 0 saturated heterocycles. The first-order valence-electron chi connectivity index (χ1n) is 7.16. The Hall–Kier alpha value is -0.160. The summed E-state index contributed by atoms with van der Waals surface area (Å²) in [5.74, 6) is 0. The molecule has 0 amide bonds. The van der Waals surface area contributed by atoms with Crippen LogP contribution in [-0.2, 0) is 0 Å². The Morgan fingerprint density at radius 3 is 1.50 bits per heavy atom. The van der Waals surface area contributed by atoms with Crippen molar-refractivity contribution in [1.82, 2.24) is 19.6 Å². The third-order valence-corrected chi connectivity index (χ3v) is 3.41. The van der Waals surface area contributed by atoms with E-state index in [1.807, 2.05) is 0 Å². The smallest absolute Gasteiger partial charge is 0.0107 e. The number of likely N-dealkylation sites (N-methyl/N-ethyl adjacent to an activating group) is 3. The van der Waals surface area contributed by atoms with Crippen LogP contribution in [0.5, 0.6) is 0 Å². The van der Waals surface area contributed by atoms with E-state index in [9.17, 15) is 0 Å². The highest BCUT2D eigenvalue weighted by Crippen LogP contribution is 1.92. The molecule has 0 saturated carbocycles. The number of nitrogens with zero attached hydrogens (tertiary/aromatic N) is 4. The third kappa shape index (κ3) is 11.0. The summed E-state index contributed by atoms with van der Waals surface area (Å²) >= 11 is 0. The summed E-state index contributed by atoms with van der Waals surface area (Å²) in [5, 5.41) is 0. The molecule has 0 fully saturated rings. The Labute approximate surface area is 115 Å². The lowest BCUT2D eigenvalue weighted by atomic mass is 10.3. The van der Waals surface area contributed by atoms with Crippen molar-refractivity contribution in [3.63, 3.8) is 0 Å². The molecule has 0 unspecified atom stereocenters. The fourth-order valence-electron chi connectivity index (χ4n) is 1.70. The van der Waals surface area contributed by atoms with Crippen LogP contribution in [0.1, 0.15) is 13.3 Å². The quantitative estimate of drug-likeness (QED) is 0.542. The molecule has 0 spiro atoms. The molecule has 0 aliphatic heterocycles. The first kappa shape index (κ1) is 17.8. The summed E-state index contributed by atoms with van der Waals surface area (Å²) < 4.78 is 0. The van der Waals surface area contributed by atoms with Crippen LogP contribution in [0.4, 0.5) is 0 Å². The van der Waals surface area contributed by atoms with Crippen molar-refractivity contribution < 1.29 is 0 Å². The maximum absolute atomic E-state index is 2.44. The molecular formula is C14H34N4. The van der Waals surface area contributed by atoms with Crippen LogP contribution >= 0.6 is 0 Å². The Morgan fingerprint density at radius 2 is 1.00 bits per heavy atom. The van der Waals surface area contributed by atoms with Crippen molar-refractivity contribution in [3.05, 3.63) is 0 Å². The first-order valence-corrected chi connectivity index (χ1v) is 7.16. The number of hydrogen-bond acceptors (Lipinski definition) is 4. The van der Waals surface area contributed by atoms with Crippen molar-refractivity contribution >= 4 is 0 Å². The fourth-order valence-corrected chi connectivity index (χ4v) is 1.70. The highest BCUT2D eigenvalue weighted by Gasteiger charge is 2.03. The van der Waals surface area contributed by atoms with Gasteiger partial charge in [-0.25, -0.2) is 0 Å². The van der Waals surface area contributed by atoms with Crippen LogP contribution in [0.2, 0.25) is 0 Å². The molecule has 0 aliphatic carbocycles. The molecule has 4 heteroatoms. The molecule has 0 atom stereocenters. The Balaban J connectivity index is 3.48. The van der Waals surface area contributed by atoms with Crippen LogP contribution in [-0.4, -0.2) is 101 Å². The summed E-state index contributed by atoms with van der Waals surface area (Å²) in [7, 11) is 10.9. The Bertz CT molecular complexity index is 185. The summed E-state index contributed by atoms with van der Waals surface area (Å²) in [5.41, 5.74) is 0. The minimum Gasteiger partial charge on any atom is -0.308 e. The number of hydrogen-bond donors (Lipinski definition) is 0. The molecule has 110 valence electrons. The fraction of sp³-hybridized carbons (Fsp3) is 1.00. The predicted octanol–water partition coefficient (Wildman–Crippen LogP) is 0.753. The molecule has 0 aromatic heterocycles. The van der Waals surface area contributed by atoms with Gasteiger partial charge in [-0.1, -0.05) is 6.92 Å². The van der Waals surface area contributed by atoms with Crippen LogP contribution in [0.3, 0.4) is 0 Å². The maximum atomic E-state index is 2.44. The molecule has 18 heavy (non-hydrogen) atoms. The van der Waals surface area contributed by atoms with Gasteiger partial charge in [0.2, 0.25) is 0 Å². The lowest BCUT2D eigenvalue weighted by molar-refractivity contribution is 0.229. The average Bonchev–Trinajstić information content (AvgIpc) is 2.33. The first-order chi connectivity index (χ1) is 8.45. The van der Waals surface area contributed by atoms with E-state index in [1.54, 1.807) is 0 Å². The maximum Gasteiger partial charge on any atom is 0.0107 e. The Morgan fingerprint density at radius 1 is 0.556 bits per heavy atom. The SMILES string of the molecule is CCN(C)CCCN(C)CCN(C)CCN(C)C. The lowest BCUT2D eigenvalue weighted by Crippen LogP contribution is -2.35. The van der Waals surface area contributed by atoms with E-state index in [-0.39, 0.29) is 0 Å². The van der Waals surface area contributed by atoms with Crippen molar-refractivity contribution in [3.8, 4) is 0 Å². The van der Waals surface area contributed by atoms with Crippen molar-refractivity contribution in [2.24, 2.45) is 0 Å². The molecule has 0 aromatic carbocycles. The van der Waals surface area contributed by atoms with Gasteiger partial charge in [-0.2, -0.15) is 0 Å². The highest BCUT2D eigenvalue weighted by atomic mass is 15.2. The second-order valence-corrected chi connectivity index (χ2v) is 5.66. The molecule has 0 aromatic rings. The highest BCUT2D eigenvalue weighted by molar-refractivity contribution is 4.59. The van der Waals surface area contributed by atoms with E-state index in [2.05, 4.69) is 61.8 Å². The van der Waals surface area contributed by atoms with Gasteiger partial charge in [0.1, 0.15) is 0 Å². The van der Waals surface area contributed by atoms with Crippen LogP contribution in [0.15, 0.2) is 0 Å².